The Morgan fingerprint density at radius 2 is 1.43 bits per heavy atom. The lowest BCUT2D eigenvalue weighted by Crippen LogP contribution is -2.23. The van der Waals surface area contributed by atoms with Gasteiger partial charge in [0.05, 0.1) is 0 Å². The van der Waals surface area contributed by atoms with Crippen molar-refractivity contribution in [1.29, 1.82) is 0 Å². The number of hydrogen-bond acceptors (Lipinski definition) is 1. The maximum absolute atomic E-state index is 12.4. The predicted molar refractivity (Wildman–Crippen MR) is 88.4 cm³/mol. The molecule has 0 saturated carbocycles. The Bertz CT molecular complexity index is 564. The van der Waals surface area contributed by atoms with E-state index < -0.39 is 0 Å². The van der Waals surface area contributed by atoms with Crippen LogP contribution in [0, 0.1) is 5.41 Å². The monoisotopic (exact) mass is 280 g/mol. The molecule has 0 radical (unpaired) electrons. The van der Waals surface area contributed by atoms with E-state index in [4.69, 9.17) is 0 Å². The molecule has 0 aliphatic carbocycles. The fraction of sp³-hybridized carbons (Fsp3) is 0.350. The van der Waals surface area contributed by atoms with Gasteiger partial charge in [0.15, 0.2) is 0 Å². The minimum Gasteiger partial charge on any atom is -0.299 e. The first kappa shape index (κ1) is 15.5. The lowest BCUT2D eigenvalue weighted by atomic mass is 9.80. The number of rotatable bonds is 5. The average Bonchev–Trinajstić information content (AvgIpc) is 2.47. The SMILES string of the molecule is CC(C)(C)C(=O)C[C@@H](Cc1ccccc1)c1ccccc1. The van der Waals surface area contributed by atoms with Crippen LogP contribution >= 0.6 is 0 Å². The molecule has 0 aliphatic rings. The van der Waals surface area contributed by atoms with Gasteiger partial charge in [-0.2, -0.15) is 0 Å². The molecule has 1 nitrogen and oxygen atoms in total. The highest BCUT2D eigenvalue weighted by atomic mass is 16.1. The first-order valence-electron chi connectivity index (χ1n) is 7.59. The summed E-state index contributed by atoms with van der Waals surface area (Å²) < 4.78 is 0. The van der Waals surface area contributed by atoms with Crippen LogP contribution < -0.4 is 0 Å². The summed E-state index contributed by atoms with van der Waals surface area (Å²) in [5.41, 5.74) is 2.26. The molecule has 0 aliphatic heterocycles. The minimum absolute atomic E-state index is 0.250. The van der Waals surface area contributed by atoms with E-state index in [9.17, 15) is 4.79 Å². The van der Waals surface area contributed by atoms with Crippen molar-refractivity contribution in [2.24, 2.45) is 5.41 Å². The van der Waals surface area contributed by atoms with E-state index >= 15 is 0 Å². The summed E-state index contributed by atoms with van der Waals surface area (Å²) in [6, 6.07) is 20.8. The Labute approximate surface area is 128 Å². The highest BCUT2D eigenvalue weighted by Crippen LogP contribution is 2.29. The summed E-state index contributed by atoms with van der Waals surface area (Å²) in [5.74, 6) is 0.576. The highest BCUT2D eigenvalue weighted by Gasteiger charge is 2.25. The van der Waals surface area contributed by atoms with Crippen LogP contribution in [-0.4, -0.2) is 5.78 Å². The average molecular weight is 280 g/mol. The first-order chi connectivity index (χ1) is 9.97. The Hall–Kier alpha value is -1.89. The molecule has 0 fully saturated rings. The van der Waals surface area contributed by atoms with E-state index in [-0.39, 0.29) is 11.3 Å². The number of ketones is 1. The first-order valence-corrected chi connectivity index (χ1v) is 7.59. The maximum atomic E-state index is 12.4. The topological polar surface area (TPSA) is 17.1 Å². The van der Waals surface area contributed by atoms with Crippen molar-refractivity contribution in [2.45, 2.75) is 39.5 Å². The molecule has 2 rings (SSSR count). The summed E-state index contributed by atoms with van der Waals surface area (Å²) in [6.45, 7) is 6.00. The fourth-order valence-electron chi connectivity index (χ4n) is 2.46. The van der Waals surface area contributed by atoms with Crippen molar-refractivity contribution in [3.63, 3.8) is 0 Å². The van der Waals surface area contributed by atoms with Gasteiger partial charge in [0.25, 0.3) is 0 Å². The summed E-state index contributed by atoms with van der Waals surface area (Å²) in [7, 11) is 0. The molecule has 2 aromatic carbocycles. The third kappa shape index (κ3) is 4.56. The van der Waals surface area contributed by atoms with Crippen molar-refractivity contribution in [3.8, 4) is 0 Å². The van der Waals surface area contributed by atoms with E-state index in [2.05, 4.69) is 48.5 Å². The molecule has 0 bridgehead atoms. The Morgan fingerprint density at radius 1 is 0.905 bits per heavy atom. The van der Waals surface area contributed by atoms with Gasteiger partial charge in [0.2, 0.25) is 0 Å². The van der Waals surface area contributed by atoms with Crippen LogP contribution in [-0.2, 0) is 11.2 Å². The molecule has 1 heteroatoms. The molecule has 0 amide bonds. The van der Waals surface area contributed by atoms with Crippen LogP contribution in [0.2, 0.25) is 0 Å². The predicted octanol–water partition coefficient (Wildman–Crippen LogP) is 5.02. The summed E-state index contributed by atoms with van der Waals surface area (Å²) in [4.78, 5) is 12.4. The Balaban J connectivity index is 2.21. The van der Waals surface area contributed by atoms with Gasteiger partial charge in [-0.3, -0.25) is 4.79 Å². The summed E-state index contributed by atoms with van der Waals surface area (Å²) >= 11 is 0. The van der Waals surface area contributed by atoms with Crippen LogP contribution in [0.5, 0.6) is 0 Å². The van der Waals surface area contributed by atoms with Gasteiger partial charge in [-0.05, 0) is 23.5 Å². The standard InChI is InChI=1S/C20H24O/c1-20(2,3)19(21)15-18(17-12-8-5-9-13-17)14-16-10-6-4-7-11-16/h4-13,18H,14-15H2,1-3H3/t18-/m1/s1. The van der Waals surface area contributed by atoms with Gasteiger partial charge < -0.3 is 0 Å². The van der Waals surface area contributed by atoms with Crippen molar-refractivity contribution >= 4 is 5.78 Å². The second-order valence-corrected chi connectivity index (χ2v) is 6.67. The lowest BCUT2D eigenvalue weighted by Gasteiger charge is -2.22. The Morgan fingerprint density at radius 3 is 1.95 bits per heavy atom. The number of carbonyl (C=O) groups excluding carboxylic acids is 1. The van der Waals surface area contributed by atoms with E-state index in [0.29, 0.717) is 12.2 Å². The van der Waals surface area contributed by atoms with Crippen molar-refractivity contribution in [3.05, 3.63) is 71.8 Å². The Kier molecular flexibility index (Phi) is 4.95. The van der Waals surface area contributed by atoms with Gasteiger partial charge in [-0.15, -0.1) is 0 Å². The quantitative estimate of drug-likeness (QED) is 0.751. The third-order valence-corrected chi connectivity index (χ3v) is 3.86. The smallest absolute Gasteiger partial charge is 0.138 e. The minimum atomic E-state index is -0.274. The zero-order valence-corrected chi connectivity index (χ0v) is 13.2. The molecular formula is C20H24O. The van der Waals surface area contributed by atoms with Crippen LogP contribution in [0.3, 0.4) is 0 Å². The fourth-order valence-corrected chi connectivity index (χ4v) is 2.46. The van der Waals surface area contributed by atoms with Crippen LogP contribution in [0.4, 0.5) is 0 Å². The molecule has 0 aromatic heterocycles. The normalized spacial score (nSPS) is 12.9. The van der Waals surface area contributed by atoms with Crippen molar-refractivity contribution < 1.29 is 4.79 Å². The van der Waals surface area contributed by atoms with Gasteiger partial charge >= 0.3 is 0 Å². The second-order valence-electron chi connectivity index (χ2n) is 6.67. The van der Waals surface area contributed by atoms with Gasteiger partial charge in [0.1, 0.15) is 5.78 Å². The number of hydrogen-bond donors (Lipinski definition) is 0. The number of Topliss-reactive ketones (excluding diaryl/α,β-unsaturated/α-hetero) is 1. The van der Waals surface area contributed by atoms with E-state index in [0.717, 1.165) is 6.42 Å². The van der Waals surface area contributed by atoms with Gasteiger partial charge in [-0.1, -0.05) is 81.4 Å². The molecule has 110 valence electrons. The second kappa shape index (κ2) is 6.71. The van der Waals surface area contributed by atoms with E-state index in [1.54, 1.807) is 0 Å². The molecule has 0 heterocycles. The summed E-state index contributed by atoms with van der Waals surface area (Å²) in [5, 5.41) is 0. The molecule has 0 spiro atoms. The van der Waals surface area contributed by atoms with E-state index in [1.807, 2.05) is 32.9 Å². The van der Waals surface area contributed by atoms with Crippen molar-refractivity contribution in [2.75, 3.05) is 0 Å². The molecule has 0 saturated heterocycles. The maximum Gasteiger partial charge on any atom is 0.138 e. The lowest BCUT2D eigenvalue weighted by molar-refractivity contribution is -0.126. The van der Waals surface area contributed by atoms with Gasteiger partial charge in [-0.25, -0.2) is 0 Å². The molecule has 21 heavy (non-hydrogen) atoms. The van der Waals surface area contributed by atoms with Gasteiger partial charge in [0, 0.05) is 11.8 Å². The number of benzene rings is 2. The molecule has 0 unspecified atom stereocenters. The number of carbonyl (C=O) groups is 1. The van der Waals surface area contributed by atoms with Crippen LogP contribution in [0.15, 0.2) is 60.7 Å². The third-order valence-electron chi connectivity index (χ3n) is 3.86. The zero-order chi connectivity index (χ0) is 15.3. The zero-order valence-electron chi connectivity index (χ0n) is 13.2. The van der Waals surface area contributed by atoms with E-state index in [1.165, 1.54) is 11.1 Å². The highest BCUT2D eigenvalue weighted by molar-refractivity contribution is 5.84. The summed E-state index contributed by atoms with van der Waals surface area (Å²) in [6.07, 6.45) is 1.51. The largest absolute Gasteiger partial charge is 0.299 e. The van der Waals surface area contributed by atoms with Crippen LogP contribution in [0.1, 0.15) is 44.2 Å². The molecule has 1 atom stereocenters. The molecule has 2 aromatic rings. The van der Waals surface area contributed by atoms with Crippen LogP contribution in [0.25, 0.3) is 0 Å². The molecule has 0 N–H and O–H groups in total. The molecular weight excluding hydrogens is 256 g/mol. The van der Waals surface area contributed by atoms with Crippen molar-refractivity contribution in [1.82, 2.24) is 0 Å².